The van der Waals surface area contributed by atoms with Gasteiger partial charge in [0, 0.05) is 18.3 Å². The van der Waals surface area contributed by atoms with Gasteiger partial charge in [-0.15, -0.1) is 0 Å². The van der Waals surface area contributed by atoms with Gasteiger partial charge in [-0.05, 0) is 45.7 Å². The lowest BCUT2D eigenvalue weighted by Crippen LogP contribution is -2.01. The molecule has 0 saturated heterocycles. The molecule has 7 heteroatoms. The van der Waals surface area contributed by atoms with Gasteiger partial charge >= 0.3 is 7.82 Å². The highest BCUT2D eigenvalue weighted by atomic mass is 31.2. The van der Waals surface area contributed by atoms with Crippen molar-refractivity contribution in [2.24, 2.45) is 0 Å². The quantitative estimate of drug-likeness (QED) is 0.411. The number of anilines is 1. The van der Waals surface area contributed by atoms with E-state index in [4.69, 9.17) is 18.3 Å². The number of rotatable bonds is 11. The van der Waals surface area contributed by atoms with Gasteiger partial charge in [-0.1, -0.05) is 19.4 Å². The third kappa shape index (κ3) is 10.5. The summed E-state index contributed by atoms with van der Waals surface area (Å²) >= 11 is 0. The molecule has 25 heavy (non-hydrogen) atoms. The topological polar surface area (TPSA) is 66.0 Å². The first-order valence-corrected chi connectivity index (χ1v) is 10.3. The van der Waals surface area contributed by atoms with E-state index in [1.54, 1.807) is 27.9 Å². The Bertz CT molecular complexity index is 486. The van der Waals surface area contributed by atoms with Gasteiger partial charge in [-0.2, -0.15) is 0 Å². The third-order valence-electron chi connectivity index (χ3n) is 3.13. The van der Waals surface area contributed by atoms with E-state index in [0.717, 1.165) is 18.0 Å². The Labute approximate surface area is 152 Å². The SMILES string of the molecule is CCCCNc1ccc(C)c(OC)c1.CCOP(=O)(OCC)OCC. The minimum Gasteiger partial charge on any atom is -0.496 e. The molecule has 0 heterocycles. The molecule has 0 amide bonds. The maximum absolute atomic E-state index is 11.3. The molecule has 0 unspecified atom stereocenters. The van der Waals surface area contributed by atoms with Crippen LogP contribution in [0, 0.1) is 6.92 Å². The van der Waals surface area contributed by atoms with Crippen LogP contribution in [0.25, 0.3) is 0 Å². The van der Waals surface area contributed by atoms with Gasteiger partial charge in [0.2, 0.25) is 0 Å². The van der Waals surface area contributed by atoms with Crippen LogP contribution < -0.4 is 10.1 Å². The number of phosphoric ester groups is 1. The van der Waals surface area contributed by atoms with E-state index in [1.165, 1.54) is 18.4 Å². The molecule has 146 valence electrons. The van der Waals surface area contributed by atoms with E-state index >= 15 is 0 Å². The molecule has 1 aromatic carbocycles. The number of ether oxygens (including phenoxy) is 1. The summed E-state index contributed by atoms with van der Waals surface area (Å²) in [5.41, 5.74) is 2.31. The third-order valence-corrected chi connectivity index (χ3v) is 4.85. The van der Waals surface area contributed by atoms with Gasteiger partial charge in [0.1, 0.15) is 5.75 Å². The predicted molar refractivity (Wildman–Crippen MR) is 104 cm³/mol. The molecule has 1 N–H and O–H groups in total. The van der Waals surface area contributed by atoms with Gasteiger partial charge in [-0.3, -0.25) is 13.6 Å². The minimum atomic E-state index is -3.22. The van der Waals surface area contributed by atoms with Crippen molar-refractivity contribution >= 4 is 13.5 Å². The number of unbranched alkanes of at least 4 members (excludes halogenated alkanes) is 1. The maximum atomic E-state index is 11.3. The van der Waals surface area contributed by atoms with Gasteiger partial charge in [0.05, 0.1) is 26.9 Å². The number of phosphoric acid groups is 1. The molecule has 0 aliphatic rings. The van der Waals surface area contributed by atoms with Crippen molar-refractivity contribution in [3.63, 3.8) is 0 Å². The van der Waals surface area contributed by atoms with Crippen LogP contribution in [0.5, 0.6) is 5.75 Å². The Morgan fingerprint density at radius 1 is 1.00 bits per heavy atom. The summed E-state index contributed by atoms with van der Waals surface area (Å²) in [7, 11) is -1.51. The van der Waals surface area contributed by atoms with Crippen molar-refractivity contribution in [1.82, 2.24) is 0 Å². The summed E-state index contributed by atoms with van der Waals surface area (Å²) < 4.78 is 31.1. The molecule has 6 nitrogen and oxygen atoms in total. The first-order valence-electron chi connectivity index (χ1n) is 8.88. The molecule has 0 bridgehead atoms. The van der Waals surface area contributed by atoms with E-state index in [9.17, 15) is 4.57 Å². The molecule has 0 atom stereocenters. The molecule has 0 spiro atoms. The molecule has 1 aromatic rings. The van der Waals surface area contributed by atoms with Crippen molar-refractivity contribution in [2.45, 2.75) is 47.5 Å². The van der Waals surface area contributed by atoms with Crippen molar-refractivity contribution in [3.8, 4) is 5.75 Å². The lowest BCUT2D eigenvalue weighted by atomic mass is 10.2. The van der Waals surface area contributed by atoms with E-state index in [-0.39, 0.29) is 0 Å². The summed E-state index contributed by atoms with van der Waals surface area (Å²) in [6.07, 6.45) is 2.42. The molecule has 0 fully saturated rings. The highest BCUT2D eigenvalue weighted by Gasteiger charge is 2.23. The standard InChI is InChI=1S/C12H19NO.C6H15O4P/c1-4-5-8-13-11-7-6-10(2)12(9-11)14-3;1-4-8-11(7,9-5-2)10-6-3/h6-7,9,13H,4-5,8H2,1-3H3;4-6H2,1-3H3. The lowest BCUT2D eigenvalue weighted by molar-refractivity contribution is 0.126. The fourth-order valence-electron chi connectivity index (χ4n) is 1.93. The maximum Gasteiger partial charge on any atom is 0.474 e. The average molecular weight is 375 g/mol. The molecule has 0 radical (unpaired) electrons. The van der Waals surface area contributed by atoms with Gasteiger partial charge in [-0.25, -0.2) is 4.57 Å². The van der Waals surface area contributed by atoms with Crippen LogP contribution in [0.3, 0.4) is 0 Å². The van der Waals surface area contributed by atoms with Crippen molar-refractivity contribution < 1.29 is 22.9 Å². The van der Waals surface area contributed by atoms with Crippen LogP contribution in [0.15, 0.2) is 18.2 Å². The molecular formula is C18H34NO5P. The summed E-state index contributed by atoms with van der Waals surface area (Å²) in [5.74, 6) is 0.950. The summed E-state index contributed by atoms with van der Waals surface area (Å²) in [6.45, 7) is 11.5. The average Bonchev–Trinajstić information content (AvgIpc) is 2.58. The Hall–Kier alpha value is -1.07. The van der Waals surface area contributed by atoms with Crippen LogP contribution in [-0.2, 0) is 18.1 Å². The smallest absolute Gasteiger partial charge is 0.474 e. The monoisotopic (exact) mass is 375 g/mol. The van der Waals surface area contributed by atoms with E-state index in [2.05, 4.69) is 31.3 Å². The number of hydrogen-bond acceptors (Lipinski definition) is 6. The largest absolute Gasteiger partial charge is 0.496 e. The Balaban J connectivity index is 0.000000477. The number of aryl methyl sites for hydroxylation is 1. The molecule has 0 aliphatic carbocycles. The number of nitrogens with one attached hydrogen (secondary N) is 1. The van der Waals surface area contributed by atoms with Crippen molar-refractivity contribution in [1.29, 1.82) is 0 Å². The van der Waals surface area contributed by atoms with E-state index in [0.29, 0.717) is 19.8 Å². The second kappa shape index (κ2) is 14.1. The van der Waals surface area contributed by atoms with Gasteiger partial charge in [0.25, 0.3) is 0 Å². The second-order valence-corrected chi connectivity index (χ2v) is 6.83. The highest BCUT2D eigenvalue weighted by Crippen LogP contribution is 2.48. The lowest BCUT2D eigenvalue weighted by Gasteiger charge is -2.14. The highest BCUT2D eigenvalue weighted by molar-refractivity contribution is 7.48. The van der Waals surface area contributed by atoms with E-state index in [1.807, 2.05) is 6.07 Å². The zero-order chi connectivity index (χ0) is 19.1. The van der Waals surface area contributed by atoms with Crippen molar-refractivity contribution in [3.05, 3.63) is 23.8 Å². The summed E-state index contributed by atoms with van der Waals surface area (Å²) in [6, 6.07) is 6.21. The number of benzene rings is 1. The molecular weight excluding hydrogens is 341 g/mol. The number of hydrogen-bond donors (Lipinski definition) is 1. The normalized spacial score (nSPS) is 10.8. The first kappa shape index (κ1) is 23.9. The van der Waals surface area contributed by atoms with Crippen LogP contribution in [0.1, 0.15) is 46.1 Å². The van der Waals surface area contributed by atoms with E-state index < -0.39 is 7.82 Å². The van der Waals surface area contributed by atoms with Crippen molar-refractivity contribution in [2.75, 3.05) is 38.8 Å². The van der Waals surface area contributed by atoms with Gasteiger partial charge < -0.3 is 10.1 Å². The van der Waals surface area contributed by atoms with Crippen LogP contribution >= 0.6 is 7.82 Å². The second-order valence-electron chi connectivity index (χ2n) is 5.17. The molecule has 0 aromatic heterocycles. The Morgan fingerprint density at radius 3 is 2.00 bits per heavy atom. The molecule has 0 saturated carbocycles. The van der Waals surface area contributed by atoms with Crippen LogP contribution in [0.2, 0.25) is 0 Å². The van der Waals surface area contributed by atoms with Gasteiger partial charge in [0.15, 0.2) is 0 Å². The Kier molecular flexibility index (Phi) is 13.5. The fourth-order valence-corrected chi connectivity index (χ4v) is 3.10. The summed E-state index contributed by atoms with van der Waals surface area (Å²) in [4.78, 5) is 0. The zero-order valence-corrected chi connectivity index (χ0v) is 17.4. The van der Waals surface area contributed by atoms with Crippen LogP contribution in [-0.4, -0.2) is 33.5 Å². The molecule has 0 aliphatic heterocycles. The predicted octanol–water partition coefficient (Wildman–Crippen LogP) is 5.42. The molecule has 1 rings (SSSR count). The fraction of sp³-hybridized carbons (Fsp3) is 0.667. The minimum absolute atomic E-state index is 0.331. The Morgan fingerprint density at radius 2 is 1.56 bits per heavy atom. The first-order chi connectivity index (χ1) is 12.0. The summed E-state index contributed by atoms with van der Waals surface area (Å²) in [5, 5.41) is 3.37. The number of methoxy groups -OCH3 is 1. The van der Waals surface area contributed by atoms with Crippen LogP contribution in [0.4, 0.5) is 5.69 Å². The zero-order valence-electron chi connectivity index (χ0n) is 16.5.